The summed E-state index contributed by atoms with van der Waals surface area (Å²) >= 11 is 0. The second-order valence-electron chi connectivity index (χ2n) is 8.05. The molecule has 3 fully saturated rings. The molecule has 0 saturated carbocycles. The van der Waals surface area contributed by atoms with E-state index in [0.717, 1.165) is 23.4 Å². The van der Waals surface area contributed by atoms with Gasteiger partial charge in [0.15, 0.2) is 0 Å². The number of aliphatic hydroxyl groups is 1. The zero-order chi connectivity index (χ0) is 18.5. The first-order valence-electron chi connectivity index (χ1n) is 9.59. The van der Waals surface area contributed by atoms with Crippen LogP contribution in [0.1, 0.15) is 29.8 Å². The lowest BCUT2D eigenvalue weighted by Crippen LogP contribution is -2.69. The molecule has 3 aliphatic rings. The number of ether oxygens (including phenoxy) is 2. The number of fused-ring (bicyclic) bond motifs is 3. The van der Waals surface area contributed by atoms with E-state index in [0.29, 0.717) is 39.4 Å². The summed E-state index contributed by atoms with van der Waals surface area (Å²) in [7, 11) is 0. The fraction of sp³-hybridized carbons (Fsp3) is 0.789. The third-order valence-corrected chi connectivity index (χ3v) is 6.80. The Bertz CT molecular complexity index is 703. The van der Waals surface area contributed by atoms with Gasteiger partial charge in [-0.25, -0.2) is 0 Å². The number of piperidine rings is 1. The van der Waals surface area contributed by atoms with Gasteiger partial charge in [-0.05, 0) is 32.8 Å². The number of hydrogen-bond acceptors (Lipinski definition) is 5. The first-order chi connectivity index (χ1) is 12.4. The predicted molar refractivity (Wildman–Crippen MR) is 94.7 cm³/mol. The van der Waals surface area contributed by atoms with Crippen LogP contribution in [-0.4, -0.2) is 70.3 Å². The summed E-state index contributed by atoms with van der Waals surface area (Å²) in [5.41, 5.74) is 2.35. The van der Waals surface area contributed by atoms with Crippen molar-refractivity contribution in [1.82, 2.24) is 14.7 Å². The molecule has 7 nitrogen and oxygen atoms in total. The number of likely N-dealkylation sites (tertiary alicyclic amines) is 1. The van der Waals surface area contributed by atoms with E-state index in [4.69, 9.17) is 9.47 Å². The molecule has 0 aliphatic carbocycles. The van der Waals surface area contributed by atoms with Gasteiger partial charge in [0.1, 0.15) is 6.54 Å². The minimum absolute atomic E-state index is 0.0358. The van der Waals surface area contributed by atoms with Crippen molar-refractivity contribution in [3.63, 3.8) is 0 Å². The summed E-state index contributed by atoms with van der Waals surface area (Å²) in [6.07, 6.45) is 1.41. The van der Waals surface area contributed by atoms with E-state index in [2.05, 4.69) is 5.10 Å². The molecule has 0 bridgehead atoms. The van der Waals surface area contributed by atoms with Gasteiger partial charge in [-0.15, -0.1) is 0 Å². The molecule has 0 radical (unpaired) electrons. The van der Waals surface area contributed by atoms with Crippen LogP contribution in [0, 0.1) is 32.6 Å². The van der Waals surface area contributed by atoms with Crippen molar-refractivity contribution in [3.05, 3.63) is 17.0 Å². The molecule has 4 atom stereocenters. The van der Waals surface area contributed by atoms with Crippen LogP contribution in [0.5, 0.6) is 0 Å². The second-order valence-corrected chi connectivity index (χ2v) is 8.05. The number of hydrogen-bond donors (Lipinski definition) is 1. The molecule has 1 amide bonds. The first-order valence-corrected chi connectivity index (χ1v) is 9.59. The van der Waals surface area contributed by atoms with E-state index in [9.17, 15) is 9.90 Å². The molecule has 3 saturated heterocycles. The van der Waals surface area contributed by atoms with Crippen molar-refractivity contribution >= 4 is 5.91 Å². The quantitative estimate of drug-likeness (QED) is 0.842. The molecule has 0 spiro atoms. The van der Waals surface area contributed by atoms with Crippen LogP contribution >= 0.6 is 0 Å². The SMILES string of the molecule is Cc1nn(CC(=O)N2C[C@H]3COCC[C@@]3(O)[C@@H]3COCC[C@@H]32)c(C)c1C. The molecule has 0 aromatic carbocycles. The Balaban J connectivity index is 1.58. The highest BCUT2D eigenvalue weighted by Gasteiger charge is 2.56. The zero-order valence-electron chi connectivity index (χ0n) is 15.9. The normalized spacial score (nSPS) is 34.3. The summed E-state index contributed by atoms with van der Waals surface area (Å²) in [6.45, 7) is 9.04. The van der Waals surface area contributed by atoms with Gasteiger partial charge < -0.3 is 19.5 Å². The molecule has 3 aliphatic heterocycles. The summed E-state index contributed by atoms with van der Waals surface area (Å²) in [6, 6.07) is 0.0358. The molecule has 0 unspecified atom stereocenters. The Kier molecular flexibility index (Phi) is 4.57. The van der Waals surface area contributed by atoms with E-state index >= 15 is 0 Å². The van der Waals surface area contributed by atoms with E-state index in [1.54, 1.807) is 4.68 Å². The monoisotopic (exact) mass is 363 g/mol. The number of rotatable bonds is 2. The highest BCUT2D eigenvalue weighted by Crippen LogP contribution is 2.44. The Morgan fingerprint density at radius 2 is 2.04 bits per heavy atom. The van der Waals surface area contributed by atoms with E-state index in [-0.39, 0.29) is 30.3 Å². The third-order valence-electron chi connectivity index (χ3n) is 6.80. The Labute approximate surface area is 154 Å². The molecular formula is C19H29N3O4. The minimum atomic E-state index is -0.783. The van der Waals surface area contributed by atoms with Crippen molar-refractivity contribution in [2.45, 2.75) is 51.8 Å². The molecule has 1 N–H and O–H groups in total. The molecule has 4 rings (SSSR count). The van der Waals surface area contributed by atoms with Gasteiger partial charge in [-0.1, -0.05) is 0 Å². The molecule has 144 valence electrons. The lowest BCUT2D eigenvalue weighted by molar-refractivity contribution is -0.219. The van der Waals surface area contributed by atoms with Crippen molar-refractivity contribution in [2.24, 2.45) is 11.8 Å². The smallest absolute Gasteiger partial charge is 0.244 e. The average Bonchev–Trinajstić information content (AvgIpc) is 2.88. The second kappa shape index (κ2) is 6.62. The van der Waals surface area contributed by atoms with Crippen LogP contribution < -0.4 is 0 Å². The predicted octanol–water partition coefficient (Wildman–Crippen LogP) is 0.823. The standard InChI is InChI=1S/C19H29N3O4/c1-12-13(2)20-22(14(12)3)9-18(23)21-8-15-10-26-7-5-19(15,24)16-11-25-6-4-17(16)21/h15-17,24H,4-11H2,1-3H3/t15-,16+,17-,19-/m0/s1. The van der Waals surface area contributed by atoms with Gasteiger partial charge in [0.05, 0.1) is 24.5 Å². The van der Waals surface area contributed by atoms with Gasteiger partial charge in [0.2, 0.25) is 5.91 Å². The number of aromatic nitrogens is 2. The van der Waals surface area contributed by atoms with Crippen LogP contribution in [0.15, 0.2) is 0 Å². The Morgan fingerprint density at radius 3 is 2.77 bits per heavy atom. The topological polar surface area (TPSA) is 76.8 Å². The molecule has 1 aromatic heterocycles. The van der Waals surface area contributed by atoms with E-state index in [1.807, 2.05) is 25.7 Å². The zero-order valence-corrected chi connectivity index (χ0v) is 15.9. The maximum absolute atomic E-state index is 13.2. The number of nitrogens with zero attached hydrogens (tertiary/aromatic N) is 3. The Morgan fingerprint density at radius 1 is 1.27 bits per heavy atom. The highest BCUT2D eigenvalue weighted by atomic mass is 16.5. The number of carbonyl (C=O) groups is 1. The van der Waals surface area contributed by atoms with Crippen LogP contribution in [0.3, 0.4) is 0 Å². The largest absolute Gasteiger partial charge is 0.389 e. The Hall–Kier alpha value is -1.44. The van der Waals surface area contributed by atoms with Crippen LogP contribution in [0.2, 0.25) is 0 Å². The van der Waals surface area contributed by atoms with Crippen molar-refractivity contribution < 1.29 is 19.4 Å². The molecule has 26 heavy (non-hydrogen) atoms. The van der Waals surface area contributed by atoms with E-state index in [1.165, 1.54) is 0 Å². The van der Waals surface area contributed by atoms with Crippen molar-refractivity contribution in [3.8, 4) is 0 Å². The number of aryl methyl sites for hydroxylation is 1. The van der Waals surface area contributed by atoms with Crippen molar-refractivity contribution in [2.75, 3.05) is 33.0 Å². The van der Waals surface area contributed by atoms with Gasteiger partial charge in [-0.3, -0.25) is 9.48 Å². The summed E-state index contributed by atoms with van der Waals surface area (Å²) in [5.74, 6) is -0.0181. The summed E-state index contributed by atoms with van der Waals surface area (Å²) in [5, 5.41) is 15.9. The van der Waals surface area contributed by atoms with Gasteiger partial charge in [-0.2, -0.15) is 5.10 Å². The fourth-order valence-electron chi connectivity index (χ4n) is 4.90. The molecule has 4 heterocycles. The van der Waals surface area contributed by atoms with Crippen molar-refractivity contribution in [1.29, 1.82) is 0 Å². The van der Waals surface area contributed by atoms with Gasteiger partial charge >= 0.3 is 0 Å². The average molecular weight is 363 g/mol. The van der Waals surface area contributed by atoms with Gasteiger partial charge in [0.25, 0.3) is 0 Å². The number of amides is 1. The van der Waals surface area contributed by atoms with Crippen LogP contribution in [-0.2, 0) is 20.8 Å². The lowest BCUT2D eigenvalue weighted by atomic mass is 9.66. The molecular weight excluding hydrogens is 334 g/mol. The van der Waals surface area contributed by atoms with Gasteiger partial charge in [0, 0.05) is 49.8 Å². The fourth-order valence-corrected chi connectivity index (χ4v) is 4.90. The maximum Gasteiger partial charge on any atom is 0.244 e. The third kappa shape index (κ3) is 2.77. The van der Waals surface area contributed by atoms with E-state index < -0.39 is 5.60 Å². The first kappa shape index (κ1) is 17.9. The lowest BCUT2D eigenvalue weighted by Gasteiger charge is -2.57. The molecule has 1 aromatic rings. The van der Waals surface area contributed by atoms with Crippen LogP contribution in [0.4, 0.5) is 0 Å². The maximum atomic E-state index is 13.2. The highest BCUT2D eigenvalue weighted by molar-refractivity contribution is 5.76. The minimum Gasteiger partial charge on any atom is -0.389 e. The van der Waals surface area contributed by atoms with Crippen LogP contribution in [0.25, 0.3) is 0 Å². The summed E-state index contributed by atoms with van der Waals surface area (Å²) < 4.78 is 13.1. The number of carbonyl (C=O) groups excluding carboxylic acids is 1. The molecule has 7 heteroatoms. The summed E-state index contributed by atoms with van der Waals surface area (Å²) in [4.78, 5) is 15.1.